The van der Waals surface area contributed by atoms with Gasteiger partial charge < -0.3 is 10.1 Å². The van der Waals surface area contributed by atoms with E-state index < -0.39 is 11.8 Å². The number of rotatable bonds is 2. The smallest absolute Gasteiger partial charge is 0.352 e. The second kappa shape index (κ2) is 3.63. The number of aromatic nitrogens is 1. The summed E-state index contributed by atoms with van der Waals surface area (Å²) < 4.78 is 13.5. The maximum absolute atomic E-state index is 13.5. The number of aromatic amines is 1. The third-order valence-corrected chi connectivity index (χ3v) is 2.61. The molecule has 0 amide bonds. The van der Waals surface area contributed by atoms with Gasteiger partial charge in [0.2, 0.25) is 0 Å². The van der Waals surface area contributed by atoms with E-state index in [0.29, 0.717) is 10.9 Å². The lowest BCUT2D eigenvalue weighted by atomic mass is 9.99. The molecule has 3 nitrogen and oxygen atoms in total. The van der Waals surface area contributed by atoms with Crippen molar-refractivity contribution in [3.05, 3.63) is 35.3 Å². The highest BCUT2D eigenvalue weighted by Crippen LogP contribution is 2.30. The summed E-state index contributed by atoms with van der Waals surface area (Å²) in [5.74, 6) is -1.45. The molecule has 16 heavy (non-hydrogen) atoms. The Labute approximate surface area is 91.9 Å². The fourth-order valence-electron chi connectivity index (χ4n) is 1.97. The minimum absolute atomic E-state index is 0.0293. The van der Waals surface area contributed by atoms with Crippen molar-refractivity contribution in [1.29, 1.82) is 0 Å². The topological polar surface area (TPSA) is 53.1 Å². The molecule has 1 heterocycles. The molecule has 2 aromatic rings. The predicted octanol–water partition coefficient (Wildman–Crippen LogP) is 3.13. The molecule has 0 saturated carbocycles. The zero-order valence-corrected chi connectivity index (χ0v) is 9.04. The number of benzene rings is 1. The van der Waals surface area contributed by atoms with E-state index >= 15 is 0 Å². The molecular weight excluding hydrogens is 209 g/mol. The van der Waals surface area contributed by atoms with Gasteiger partial charge in [0.15, 0.2) is 0 Å². The summed E-state index contributed by atoms with van der Waals surface area (Å²) in [4.78, 5) is 13.7. The van der Waals surface area contributed by atoms with Crippen molar-refractivity contribution in [2.75, 3.05) is 0 Å². The van der Waals surface area contributed by atoms with E-state index in [1.54, 1.807) is 12.1 Å². The van der Waals surface area contributed by atoms with E-state index in [-0.39, 0.29) is 17.1 Å². The first-order valence-corrected chi connectivity index (χ1v) is 5.05. The number of carbonyl (C=O) groups is 1. The van der Waals surface area contributed by atoms with Crippen molar-refractivity contribution in [1.82, 2.24) is 4.98 Å². The zero-order chi connectivity index (χ0) is 11.9. The summed E-state index contributed by atoms with van der Waals surface area (Å²) in [5.41, 5.74) is 1.00. The lowest BCUT2D eigenvalue weighted by molar-refractivity contribution is 0.0690. The molecule has 1 aromatic heterocycles. The summed E-state index contributed by atoms with van der Waals surface area (Å²) in [6, 6.07) is 4.63. The molecule has 0 aliphatic carbocycles. The Morgan fingerprint density at radius 3 is 2.69 bits per heavy atom. The van der Waals surface area contributed by atoms with Crippen LogP contribution in [0.25, 0.3) is 10.9 Å². The molecule has 1 aromatic carbocycles. The molecule has 0 saturated heterocycles. The van der Waals surface area contributed by atoms with Crippen LogP contribution >= 0.6 is 0 Å². The number of carboxylic acid groups (broad SMARTS) is 1. The van der Waals surface area contributed by atoms with Crippen LogP contribution in [0.1, 0.15) is 35.8 Å². The highest BCUT2D eigenvalue weighted by atomic mass is 19.1. The summed E-state index contributed by atoms with van der Waals surface area (Å²) >= 11 is 0. The number of aromatic carboxylic acids is 1. The Morgan fingerprint density at radius 2 is 2.12 bits per heavy atom. The molecule has 0 spiro atoms. The van der Waals surface area contributed by atoms with Gasteiger partial charge in [0.25, 0.3) is 0 Å². The summed E-state index contributed by atoms with van der Waals surface area (Å²) in [6.07, 6.45) is 0. The predicted molar refractivity (Wildman–Crippen MR) is 59.3 cm³/mol. The second-order valence-corrected chi connectivity index (χ2v) is 4.04. The minimum Gasteiger partial charge on any atom is -0.477 e. The second-order valence-electron chi connectivity index (χ2n) is 4.04. The van der Waals surface area contributed by atoms with Crippen molar-refractivity contribution in [3.63, 3.8) is 0 Å². The molecule has 4 heteroatoms. The molecule has 84 valence electrons. The van der Waals surface area contributed by atoms with Crippen LogP contribution in [-0.2, 0) is 0 Å². The van der Waals surface area contributed by atoms with E-state index in [1.807, 2.05) is 13.8 Å². The van der Waals surface area contributed by atoms with Gasteiger partial charge in [-0.15, -0.1) is 0 Å². The first-order valence-electron chi connectivity index (χ1n) is 5.05. The lowest BCUT2D eigenvalue weighted by Crippen LogP contribution is -2.02. The maximum Gasteiger partial charge on any atom is 0.352 e. The normalized spacial score (nSPS) is 11.2. The van der Waals surface area contributed by atoms with Crippen molar-refractivity contribution < 1.29 is 14.3 Å². The van der Waals surface area contributed by atoms with Crippen molar-refractivity contribution in [2.24, 2.45) is 0 Å². The van der Waals surface area contributed by atoms with Crippen molar-refractivity contribution in [2.45, 2.75) is 19.8 Å². The molecule has 0 bridgehead atoms. The van der Waals surface area contributed by atoms with Gasteiger partial charge in [0.1, 0.15) is 11.5 Å². The van der Waals surface area contributed by atoms with Gasteiger partial charge in [0, 0.05) is 5.39 Å². The third-order valence-electron chi connectivity index (χ3n) is 2.61. The van der Waals surface area contributed by atoms with Crippen LogP contribution < -0.4 is 0 Å². The van der Waals surface area contributed by atoms with Crippen LogP contribution in [0.15, 0.2) is 18.2 Å². The summed E-state index contributed by atoms with van der Waals surface area (Å²) in [5, 5.41) is 9.70. The Morgan fingerprint density at radius 1 is 1.44 bits per heavy atom. The van der Waals surface area contributed by atoms with Gasteiger partial charge in [-0.1, -0.05) is 26.0 Å². The largest absolute Gasteiger partial charge is 0.477 e. The Bertz CT molecular complexity index is 557. The first-order chi connectivity index (χ1) is 7.52. The van der Waals surface area contributed by atoms with Crippen LogP contribution in [0.4, 0.5) is 4.39 Å². The van der Waals surface area contributed by atoms with Crippen LogP contribution in [0, 0.1) is 5.82 Å². The number of para-hydroxylation sites is 1. The molecule has 0 fully saturated rings. The maximum atomic E-state index is 13.5. The molecule has 0 radical (unpaired) electrons. The van der Waals surface area contributed by atoms with Gasteiger partial charge in [-0.05, 0) is 17.5 Å². The van der Waals surface area contributed by atoms with E-state index in [2.05, 4.69) is 4.98 Å². The summed E-state index contributed by atoms with van der Waals surface area (Å²) in [6.45, 7) is 3.78. The number of hydrogen-bond donors (Lipinski definition) is 2. The standard InChI is InChI=1S/C12H12FNO2/c1-6(2)9-7-4-3-5-8(13)10(7)14-11(9)12(15)16/h3-6,14H,1-2H3,(H,15,16). The molecule has 0 atom stereocenters. The van der Waals surface area contributed by atoms with E-state index in [9.17, 15) is 9.18 Å². The van der Waals surface area contributed by atoms with Gasteiger partial charge >= 0.3 is 5.97 Å². The third kappa shape index (κ3) is 1.46. The average molecular weight is 221 g/mol. The minimum atomic E-state index is -1.06. The number of H-pyrrole nitrogens is 1. The Kier molecular flexibility index (Phi) is 2.42. The SMILES string of the molecule is CC(C)c1c(C(=O)O)[nH]c2c(F)cccc12. The Hall–Kier alpha value is -1.84. The fourth-order valence-corrected chi connectivity index (χ4v) is 1.97. The zero-order valence-electron chi connectivity index (χ0n) is 9.04. The number of halogens is 1. The van der Waals surface area contributed by atoms with Crippen LogP contribution in [0.5, 0.6) is 0 Å². The van der Waals surface area contributed by atoms with E-state index in [1.165, 1.54) is 6.07 Å². The molecule has 0 aliphatic rings. The number of fused-ring (bicyclic) bond motifs is 1. The number of carboxylic acids is 1. The van der Waals surface area contributed by atoms with Gasteiger partial charge in [-0.2, -0.15) is 0 Å². The van der Waals surface area contributed by atoms with E-state index in [4.69, 9.17) is 5.11 Å². The highest BCUT2D eigenvalue weighted by Gasteiger charge is 2.20. The molecule has 2 rings (SSSR count). The monoisotopic (exact) mass is 221 g/mol. The molecule has 0 unspecified atom stereocenters. The van der Waals surface area contributed by atoms with Crippen molar-refractivity contribution >= 4 is 16.9 Å². The van der Waals surface area contributed by atoms with Gasteiger partial charge in [-0.25, -0.2) is 9.18 Å². The first kappa shape index (κ1) is 10.7. The van der Waals surface area contributed by atoms with Gasteiger partial charge in [-0.3, -0.25) is 0 Å². The van der Waals surface area contributed by atoms with E-state index in [0.717, 1.165) is 0 Å². The average Bonchev–Trinajstić information content (AvgIpc) is 2.58. The van der Waals surface area contributed by atoms with Crippen LogP contribution in [0.2, 0.25) is 0 Å². The lowest BCUT2D eigenvalue weighted by Gasteiger charge is -2.04. The Balaban J connectivity index is 2.86. The van der Waals surface area contributed by atoms with Gasteiger partial charge in [0.05, 0.1) is 5.52 Å². The van der Waals surface area contributed by atoms with Crippen LogP contribution in [0.3, 0.4) is 0 Å². The summed E-state index contributed by atoms with van der Waals surface area (Å²) in [7, 11) is 0. The molecule has 2 N–H and O–H groups in total. The fraction of sp³-hybridized carbons (Fsp3) is 0.250. The van der Waals surface area contributed by atoms with Crippen molar-refractivity contribution in [3.8, 4) is 0 Å². The van der Waals surface area contributed by atoms with Crippen LogP contribution in [-0.4, -0.2) is 16.1 Å². The highest BCUT2D eigenvalue weighted by molar-refractivity contribution is 5.97. The number of nitrogens with one attached hydrogen (secondary N) is 1. The molecular formula is C12H12FNO2. The number of hydrogen-bond acceptors (Lipinski definition) is 1. The molecule has 0 aliphatic heterocycles. The quantitative estimate of drug-likeness (QED) is 0.818.